The smallest absolute Gasteiger partial charge is 0.251 e. The number of rotatable bonds is 10. The molecule has 1 aromatic heterocycles. The van der Waals surface area contributed by atoms with Crippen molar-refractivity contribution in [2.24, 2.45) is 0 Å². The number of halogens is 1. The highest BCUT2D eigenvalue weighted by molar-refractivity contribution is 9.10. The minimum Gasteiger partial charge on any atom is -0.493 e. The lowest BCUT2D eigenvalue weighted by molar-refractivity contribution is 0.0937. The number of benzene rings is 3. The molecular weight excluding hydrogens is 518 g/mol. The number of nitrogens with one attached hydrogen (secondary N) is 1. The van der Waals surface area contributed by atoms with Gasteiger partial charge < -0.3 is 19.4 Å². The molecule has 1 amide bonds. The van der Waals surface area contributed by atoms with Gasteiger partial charge in [0, 0.05) is 16.6 Å². The molecule has 3 aromatic carbocycles. The average Bonchev–Trinajstić information content (AvgIpc) is 3.26. The van der Waals surface area contributed by atoms with E-state index >= 15 is 0 Å². The van der Waals surface area contributed by atoms with Crippen LogP contribution in [0.2, 0.25) is 0 Å². The summed E-state index contributed by atoms with van der Waals surface area (Å²) in [4.78, 5) is 17.7. The van der Waals surface area contributed by atoms with E-state index in [1.165, 1.54) is 0 Å². The summed E-state index contributed by atoms with van der Waals surface area (Å²) in [5, 5.41) is 3.09. The fourth-order valence-corrected chi connectivity index (χ4v) is 4.54. The number of carbonyl (C=O) groups is 1. The van der Waals surface area contributed by atoms with E-state index in [1.54, 1.807) is 13.2 Å². The molecule has 0 bridgehead atoms. The van der Waals surface area contributed by atoms with Gasteiger partial charge in [0.05, 0.1) is 30.8 Å². The molecule has 0 radical (unpaired) electrons. The quantitative estimate of drug-likeness (QED) is 0.222. The monoisotopic (exact) mass is 547 g/mol. The number of methoxy groups -OCH3 is 1. The van der Waals surface area contributed by atoms with Gasteiger partial charge in [-0.3, -0.25) is 4.79 Å². The van der Waals surface area contributed by atoms with Crippen LogP contribution in [-0.2, 0) is 6.54 Å². The number of hydrogen-bond acceptors (Lipinski definition) is 4. The number of aromatic nitrogens is 2. The van der Waals surface area contributed by atoms with Crippen LogP contribution in [0.3, 0.4) is 0 Å². The second-order valence-corrected chi connectivity index (χ2v) is 9.34. The number of carbonyl (C=O) groups excluding carboxylic acids is 1. The minimum atomic E-state index is -0.274. The first-order chi connectivity index (χ1) is 17.5. The normalized spacial score (nSPS) is 12.1. The molecule has 186 valence electrons. The number of imidazole rings is 1. The molecule has 0 spiro atoms. The molecule has 7 heteroatoms. The van der Waals surface area contributed by atoms with Crippen molar-refractivity contribution in [3.05, 3.63) is 94.2 Å². The van der Waals surface area contributed by atoms with Gasteiger partial charge in [0.25, 0.3) is 5.91 Å². The third-order valence-electron chi connectivity index (χ3n) is 5.84. The predicted molar refractivity (Wildman–Crippen MR) is 148 cm³/mol. The topological polar surface area (TPSA) is 65.4 Å². The van der Waals surface area contributed by atoms with Crippen LogP contribution in [0.1, 0.15) is 48.1 Å². The number of aryl methyl sites for hydroxylation is 1. The average molecular weight is 548 g/mol. The molecule has 0 fully saturated rings. The molecule has 0 aliphatic rings. The molecule has 1 atom stereocenters. The van der Waals surface area contributed by atoms with Crippen LogP contribution in [0.25, 0.3) is 17.1 Å². The van der Waals surface area contributed by atoms with Crippen LogP contribution in [0, 0.1) is 0 Å². The maximum Gasteiger partial charge on any atom is 0.251 e. The molecule has 4 rings (SSSR count). The predicted octanol–water partition coefficient (Wildman–Crippen LogP) is 6.80. The van der Waals surface area contributed by atoms with E-state index in [-0.39, 0.29) is 11.9 Å². The Morgan fingerprint density at radius 3 is 2.72 bits per heavy atom. The Morgan fingerprint density at radius 1 is 1.11 bits per heavy atom. The number of hydrogen-bond donors (Lipinski definition) is 1. The highest BCUT2D eigenvalue weighted by atomic mass is 79.9. The second-order valence-electron chi connectivity index (χ2n) is 8.43. The Hall–Kier alpha value is -3.58. The highest BCUT2D eigenvalue weighted by Gasteiger charge is 2.19. The third-order valence-corrected chi connectivity index (χ3v) is 6.33. The summed E-state index contributed by atoms with van der Waals surface area (Å²) in [5.74, 6) is 2.10. The fourth-order valence-electron chi connectivity index (χ4n) is 4.14. The first-order valence-corrected chi connectivity index (χ1v) is 12.7. The summed E-state index contributed by atoms with van der Waals surface area (Å²) in [7, 11) is 1.65. The Bertz CT molecular complexity index is 1380. The Balaban J connectivity index is 1.47. The van der Waals surface area contributed by atoms with Crippen molar-refractivity contribution >= 4 is 38.9 Å². The molecule has 4 aromatic rings. The van der Waals surface area contributed by atoms with E-state index in [0.29, 0.717) is 24.5 Å². The Kier molecular flexibility index (Phi) is 8.44. The molecular formula is C29H30BrN3O3. The van der Waals surface area contributed by atoms with Crippen LogP contribution in [0.15, 0.2) is 77.3 Å². The molecule has 0 saturated carbocycles. The van der Waals surface area contributed by atoms with Crippen molar-refractivity contribution in [2.75, 3.05) is 13.7 Å². The van der Waals surface area contributed by atoms with Crippen molar-refractivity contribution in [1.82, 2.24) is 14.9 Å². The maximum absolute atomic E-state index is 12.8. The summed E-state index contributed by atoms with van der Waals surface area (Å²) < 4.78 is 14.6. The van der Waals surface area contributed by atoms with E-state index < -0.39 is 0 Å². The zero-order chi connectivity index (χ0) is 25.5. The van der Waals surface area contributed by atoms with Gasteiger partial charge in [0.2, 0.25) is 0 Å². The molecule has 1 N–H and O–H groups in total. The Morgan fingerprint density at radius 2 is 1.94 bits per heavy atom. The highest BCUT2D eigenvalue weighted by Crippen LogP contribution is 2.29. The van der Waals surface area contributed by atoms with Crippen LogP contribution < -0.4 is 14.8 Å². The van der Waals surface area contributed by atoms with Crippen molar-refractivity contribution in [2.45, 2.75) is 32.9 Å². The zero-order valence-corrected chi connectivity index (χ0v) is 22.3. The molecule has 1 heterocycles. The van der Waals surface area contributed by atoms with Gasteiger partial charge in [0.1, 0.15) is 5.82 Å². The van der Waals surface area contributed by atoms with Crippen LogP contribution in [0.4, 0.5) is 0 Å². The van der Waals surface area contributed by atoms with E-state index in [2.05, 4.69) is 31.9 Å². The first-order valence-electron chi connectivity index (χ1n) is 11.9. The summed E-state index contributed by atoms with van der Waals surface area (Å²) in [6, 6.07) is 21.0. The molecule has 0 aliphatic carbocycles. The second kappa shape index (κ2) is 11.9. The van der Waals surface area contributed by atoms with Gasteiger partial charge in [-0.05, 0) is 68.3 Å². The molecule has 6 nitrogen and oxygen atoms in total. The summed E-state index contributed by atoms with van der Waals surface area (Å²) in [5.41, 5.74) is 3.60. The van der Waals surface area contributed by atoms with Gasteiger partial charge in [0.15, 0.2) is 11.5 Å². The van der Waals surface area contributed by atoms with E-state index in [9.17, 15) is 4.79 Å². The zero-order valence-electron chi connectivity index (χ0n) is 20.7. The standard InChI is InChI=1S/C29H30BrN3O3/c1-4-9-21-14-15-26(27(18-21)35-3)36-17-8-16-33-25-13-6-5-12-24(25)32-28(33)20(2)31-29(34)22-10-7-11-23(30)19-22/h4-7,9-15,18-20H,8,16-17H2,1-3H3,(H,31,34)/b9-4+. The van der Waals surface area contributed by atoms with Crippen molar-refractivity contribution in [3.63, 3.8) is 0 Å². The van der Waals surface area contributed by atoms with E-state index in [0.717, 1.165) is 39.1 Å². The third kappa shape index (κ3) is 5.97. The SMILES string of the molecule is C/C=C/c1ccc(OCCCn2c(C(C)NC(=O)c3cccc(Br)c3)nc3ccccc32)c(OC)c1. The van der Waals surface area contributed by atoms with Crippen LogP contribution >= 0.6 is 15.9 Å². The van der Waals surface area contributed by atoms with Crippen LogP contribution in [-0.4, -0.2) is 29.2 Å². The minimum absolute atomic E-state index is 0.140. The summed E-state index contributed by atoms with van der Waals surface area (Å²) in [6.07, 6.45) is 4.78. The van der Waals surface area contributed by atoms with E-state index in [1.807, 2.05) is 80.6 Å². The van der Waals surface area contributed by atoms with Crippen LogP contribution in [0.5, 0.6) is 11.5 Å². The van der Waals surface area contributed by atoms with Crippen molar-refractivity contribution < 1.29 is 14.3 Å². The summed E-state index contributed by atoms with van der Waals surface area (Å²) in [6.45, 7) is 5.16. The van der Waals surface area contributed by atoms with Gasteiger partial charge in [-0.1, -0.05) is 52.3 Å². The number of amides is 1. The first kappa shape index (κ1) is 25.5. The van der Waals surface area contributed by atoms with Gasteiger partial charge in [-0.15, -0.1) is 0 Å². The van der Waals surface area contributed by atoms with E-state index in [4.69, 9.17) is 14.5 Å². The molecule has 0 saturated heterocycles. The molecule has 0 aliphatic heterocycles. The van der Waals surface area contributed by atoms with Gasteiger partial charge in [-0.2, -0.15) is 0 Å². The Labute approximate surface area is 220 Å². The number of fused-ring (bicyclic) bond motifs is 1. The van der Waals surface area contributed by atoms with Gasteiger partial charge >= 0.3 is 0 Å². The number of nitrogens with zero attached hydrogens (tertiary/aromatic N) is 2. The fraction of sp³-hybridized carbons (Fsp3) is 0.241. The van der Waals surface area contributed by atoms with Gasteiger partial charge in [-0.25, -0.2) is 4.98 Å². The largest absolute Gasteiger partial charge is 0.493 e. The number of ether oxygens (including phenoxy) is 2. The van der Waals surface area contributed by atoms with Crippen molar-refractivity contribution in [1.29, 1.82) is 0 Å². The lowest BCUT2D eigenvalue weighted by atomic mass is 10.2. The van der Waals surface area contributed by atoms with Crippen molar-refractivity contribution in [3.8, 4) is 11.5 Å². The maximum atomic E-state index is 12.8. The number of para-hydroxylation sites is 2. The molecule has 36 heavy (non-hydrogen) atoms. The lowest BCUT2D eigenvalue weighted by Gasteiger charge is -2.17. The molecule has 1 unspecified atom stereocenters. The lowest BCUT2D eigenvalue weighted by Crippen LogP contribution is -2.28. The summed E-state index contributed by atoms with van der Waals surface area (Å²) >= 11 is 3.43. The number of allylic oxidation sites excluding steroid dienone is 1.